The molecule has 0 aliphatic carbocycles. The largest absolute Gasteiger partial charge is 0.369 e. The molecule has 1 aliphatic rings. The maximum absolute atomic E-state index is 13.5. The lowest BCUT2D eigenvalue weighted by Crippen LogP contribution is -2.46. The van der Waals surface area contributed by atoms with E-state index in [0.717, 1.165) is 31.7 Å². The molecule has 1 fully saturated rings. The second-order valence-corrected chi connectivity index (χ2v) is 6.45. The van der Waals surface area contributed by atoms with E-state index in [-0.39, 0.29) is 5.82 Å². The van der Waals surface area contributed by atoms with E-state index >= 15 is 0 Å². The maximum atomic E-state index is 13.5. The minimum Gasteiger partial charge on any atom is -0.369 e. The number of hydrogen-bond acceptors (Lipinski definition) is 3. The number of rotatable bonds is 3. The van der Waals surface area contributed by atoms with Gasteiger partial charge in [-0.25, -0.2) is 4.39 Å². The van der Waals surface area contributed by atoms with E-state index in [0.29, 0.717) is 12.1 Å². The van der Waals surface area contributed by atoms with Gasteiger partial charge in [0, 0.05) is 38.4 Å². The lowest BCUT2D eigenvalue weighted by atomic mass is 10.1. The zero-order valence-corrected chi connectivity index (χ0v) is 14.2. The molecule has 0 amide bonds. The van der Waals surface area contributed by atoms with Gasteiger partial charge >= 0.3 is 0 Å². The van der Waals surface area contributed by atoms with Crippen molar-refractivity contribution in [2.45, 2.75) is 20.4 Å². The molecule has 1 saturated heterocycles. The van der Waals surface area contributed by atoms with Crippen molar-refractivity contribution in [3.05, 3.63) is 64.5 Å². The van der Waals surface area contributed by atoms with Crippen LogP contribution < -0.4 is 4.90 Å². The lowest BCUT2D eigenvalue weighted by molar-refractivity contribution is 0.249. The van der Waals surface area contributed by atoms with Gasteiger partial charge in [0.05, 0.1) is 11.6 Å². The summed E-state index contributed by atoms with van der Waals surface area (Å²) in [5, 5.41) is 9.18. The van der Waals surface area contributed by atoms with E-state index < -0.39 is 0 Å². The van der Waals surface area contributed by atoms with Crippen LogP contribution in [-0.2, 0) is 6.54 Å². The van der Waals surface area contributed by atoms with Crippen LogP contribution in [-0.4, -0.2) is 31.1 Å². The average molecular weight is 323 g/mol. The molecule has 0 radical (unpaired) electrons. The predicted molar refractivity (Wildman–Crippen MR) is 94.5 cm³/mol. The van der Waals surface area contributed by atoms with Crippen molar-refractivity contribution in [2.24, 2.45) is 0 Å². The third-order valence-corrected chi connectivity index (χ3v) is 4.81. The standard InChI is InChI=1S/C20H22FN3/c1-15-3-6-20(11-16(15)2)24-9-7-23(8-10-24)14-18-12-19(21)5-4-17(18)13-22/h3-6,11-12H,7-10,14H2,1-2H3. The molecule has 24 heavy (non-hydrogen) atoms. The van der Waals surface area contributed by atoms with Gasteiger partial charge in [0.15, 0.2) is 0 Å². The van der Waals surface area contributed by atoms with Gasteiger partial charge in [-0.05, 0) is 60.9 Å². The number of benzene rings is 2. The Morgan fingerprint density at radius 2 is 1.75 bits per heavy atom. The molecule has 124 valence electrons. The molecule has 1 aliphatic heterocycles. The summed E-state index contributed by atoms with van der Waals surface area (Å²) in [5.41, 5.74) is 5.23. The number of piperazine rings is 1. The summed E-state index contributed by atoms with van der Waals surface area (Å²) in [6.07, 6.45) is 0. The van der Waals surface area contributed by atoms with Crippen molar-refractivity contribution < 1.29 is 4.39 Å². The van der Waals surface area contributed by atoms with E-state index in [1.54, 1.807) is 6.07 Å². The van der Waals surface area contributed by atoms with Crippen LogP contribution in [0.3, 0.4) is 0 Å². The Balaban J connectivity index is 1.64. The van der Waals surface area contributed by atoms with Gasteiger partial charge in [-0.15, -0.1) is 0 Å². The quantitative estimate of drug-likeness (QED) is 0.864. The number of nitriles is 1. The first kappa shape index (κ1) is 16.5. The molecule has 2 aromatic carbocycles. The molecular weight excluding hydrogens is 301 g/mol. The zero-order chi connectivity index (χ0) is 17.1. The molecule has 2 aromatic rings. The number of aryl methyl sites for hydroxylation is 2. The Morgan fingerprint density at radius 1 is 1.00 bits per heavy atom. The molecule has 0 unspecified atom stereocenters. The van der Waals surface area contributed by atoms with Crippen LogP contribution in [0.1, 0.15) is 22.3 Å². The van der Waals surface area contributed by atoms with Gasteiger partial charge in [-0.3, -0.25) is 4.90 Å². The minimum absolute atomic E-state index is 0.280. The van der Waals surface area contributed by atoms with Crippen LogP contribution in [0.4, 0.5) is 10.1 Å². The van der Waals surface area contributed by atoms with Crippen LogP contribution in [0, 0.1) is 31.0 Å². The molecule has 1 heterocycles. The Labute approximate surface area is 142 Å². The molecule has 0 aromatic heterocycles. The van der Waals surface area contributed by atoms with Gasteiger partial charge in [0.25, 0.3) is 0 Å². The van der Waals surface area contributed by atoms with Gasteiger partial charge in [-0.2, -0.15) is 5.26 Å². The number of anilines is 1. The molecule has 0 N–H and O–H groups in total. The normalized spacial score (nSPS) is 15.3. The van der Waals surface area contributed by atoms with E-state index in [2.05, 4.69) is 47.9 Å². The smallest absolute Gasteiger partial charge is 0.123 e. The van der Waals surface area contributed by atoms with Crippen LogP contribution in [0.15, 0.2) is 36.4 Å². The van der Waals surface area contributed by atoms with E-state index in [4.69, 9.17) is 0 Å². The van der Waals surface area contributed by atoms with Crippen molar-refractivity contribution in [1.82, 2.24) is 4.90 Å². The fourth-order valence-electron chi connectivity index (χ4n) is 3.13. The summed E-state index contributed by atoms with van der Waals surface area (Å²) in [6.45, 7) is 8.61. The fraction of sp³-hybridized carbons (Fsp3) is 0.350. The topological polar surface area (TPSA) is 30.3 Å². The first-order chi connectivity index (χ1) is 11.6. The number of nitrogens with zero attached hydrogens (tertiary/aromatic N) is 3. The van der Waals surface area contributed by atoms with E-state index in [1.165, 1.54) is 28.9 Å². The molecule has 0 bridgehead atoms. The van der Waals surface area contributed by atoms with Crippen molar-refractivity contribution >= 4 is 5.69 Å². The minimum atomic E-state index is -0.280. The van der Waals surface area contributed by atoms with E-state index in [9.17, 15) is 9.65 Å². The first-order valence-corrected chi connectivity index (χ1v) is 8.30. The Kier molecular flexibility index (Phi) is 4.82. The van der Waals surface area contributed by atoms with Gasteiger partial charge in [-0.1, -0.05) is 6.07 Å². The molecule has 3 rings (SSSR count). The average Bonchev–Trinajstić information content (AvgIpc) is 2.58. The summed E-state index contributed by atoms with van der Waals surface area (Å²) in [6, 6.07) is 13.1. The SMILES string of the molecule is Cc1ccc(N2CCN(Cc3cc(F)ccc3C#N)CC2)cc1C. The van der Waals surface area contributed by atoms with Crippen molar-refractivity contribution in [3.63, 3.8) is 0 Å². The highest BCUT2D eigenvalue weighted by Crippen LogP contribution is 2.21. The van der Waals surface area contributed by atoms with Crippen LogP contribution in [0.2, 0.25) is 0 Å². The Bertz CT molecular complexity index is 771. The maximum Gasteiger partial charge on any atom is 0.123 e. The second-order valence-electron chi connectivity index (χ2n) is 6.45. The molecule has 3 nitrogen and oxygen atoms in total. The molecular formula is C20H22FN3. The lowest BCUT2D eigenvalue weighted by Gasteiger charge is -2.36. The Morgan fingerprint density at radius 3 is 2.42 bits per heavy atom. The summed E-state index contributed by atoms with van der Waals surface area (Å²) in [4.78, 5) is 4.67. The Hall–Kier alpha value is -2.38. The van der Waals surface area contributed by atoms with Gasteiger partial charge < -0.3 is 4.90 Å². The second kappa shape index (κ2) is 7.02. The predicted octanol–water partition coefficient (Wildman–Crippen LogP) is 3.64. The van der Waals surface area contributed by atoms with Crippen molar-refractivity contribution in [3.8, 4) is 6.07 Å². The van der Waals surface area contributed by atoms with E-state index in [1.807, 2.05) is 0 Å². The first-order valence-electron chi connectivity index (χ1n) is 8.30. The summed E-state index contributed by atoms with van der Waals surface area (Å²) >= 11 is 0. The van der Waals surface area contributed by atoms with Gasteiger partial charge in [0.2, 0.25) is 0 Å². The molecule has 0 atom stereocenters. The van der Waals surface area contributed by atoms with Crippen molar-refractivity contribution in [1.29, 1.82) is 5.26 Å². The summed E-state index contributed by atoms with van der Waals surface area (Å²) < 4.78 is 13.5. The van der Waals surface area contributed by atoms with Crippen LogP contribution >= 0.6 is 0 Å². The highest BCUT2D eigenvalue weighted by atomic mass is 19.1. The summed E-state index contributed by atoms with van der Waals surface area (Å²) in [7, 11) is 0. The highest BCUT2D eigenvalue weighted by molar-refractivity contribution is 5.51. The summed E-state index contributed by atoms with van der Waals surface area (Å²) in [5.74, 6) is -0.280. The monoisotopic (exact) mass is 323 g/mol. The van der Waals surface area contributed by atoms with Gasteiger partial charge in [0.1, 0.15) is 5.82 Å². The third kappa shape index (κ3) is 3.58. The highest BCUT2D eigenvalue weighted by Gasteiger charge is 2.18. The molecule has 4 heteroatoms. The number of halogens is 1. The number of hydrogen-bond donors (Lipinski definition) is 0. The van der Waals surface area contributed by atoms with Crippen LogP contribution in [0.5, 0.6) is 0 Å². The van der Waals surface area contributed by atoms with Crippen molar-refractivity contribution in [2.75, 3.05) is 31.1 Å². The fourth-order valence-corrected chi connectivity index (χ4v) is 3.13. The van der Waals surface area contributed by atoms with Crippen LogP contribution in [0.25, 0.3) is 0 Å². The third-order valence-electron chi connectivity index (χ3n) is 4.81. The molecule has 0 spiro atoms. The molecule has 0 saturated carbocycles. The zero-order valence-electron chi connectivity index (χ0n) is 14.2.